The molecule has 0 amide bonds. The van der Waals surface area contributed by atoms with Crippen molar-refractivity contribution < 1.29 is 14.6 Å². The van der Waals surface area contributed by atoms with E-state index in [1.807, 2.05) is 30.3 Å². The molecular formula is C18H16N2O4. The number of ketones is 1. The highest BCUT2D eigenvalue weighted by atomic mass is 16.6. The Labute approximate surface area is 139 Å². The Morgan fingerprint density at radius 3 is 2.46 bits per heavy atom. The highest BCUT2D eigenvalue weighted by Crippen LogP contribution is 2.12. The number of non-ortho nitro benzene ring substituents is 1. The summed E-state index contributed by atoms with van der Waals surface area (Å²) in [5.41, 5.74) is 1.88. The molecule has 0 aliphatic carbocycles. The van der Waals surface area contributed by atoms with Gasteiger partial charge < -0.3 is 4.84 Å². The molecule has 0 bridgehead atoms. The predicted octanol–water partition coefficient (Wildman–Crippen LogP) is 3.77. The van der Waals surface area contributed by atoms with Crippen molar-refractivity contribution in [3.63, 3.8) is 0 Å². The third-order valence-corrected chi connectivity index (χ3v) is 3.16. The third-order valence-electron chi connectivity index (χ3n) is 3.16. The van der Waals surface area contributed by atoms with Crippen LogP contribution in [-0.4, -0.2) is 16.4 Å². The number of benzene rings is 2. The summed E-state index contributed by atoms with van der Waals surface area (Å²) in [5.74, 6) is -0.290. The van der Waals surface area contributed by atoms with Crippen LogP contribution < -0.4 is 0 Å². The molecule has 24 heavy (non-hydrogen) atoms. The summed E-state index contributed by atoms with van der Waals surface area (Å²) in [4.78, 5) is 27.2. The number of hydrogen-bond acceptors (Lipinski definition) is 5. The van der Waals surface area contributed by atoms with Crippen LogP contribution in [0.5, 0.6) is 0 Å². The van der Waals surface area contributed by atoms with E-state index in [0.29, 0.717) is 5.56 Å². The average Bonchev–Trinajstić information content (AvgIpc) is 2.60. The number of allylic oxidation sites excluding steroid dienone is 1. The molecule has 6 nitrogen and oxygen atoms in total. The second-order valence-electron chi connectivity index (χ2n) is 4.98. The number of nitrogens with zero attached hydrogens (tertiary/aromatic N) is 2. The molecule has 0 spiro atoms. The molecule has 2 rings (SSSR count). The fourth-order valence-corrected chi connectivity index (χ4v) is 1.82. The second-order valence-corrected chi connectivity index (χ2v) is 4.98. The monoisotopic (exact) mass is 324 g/mol. The number of nitro benzene ring substituents is 1. The molecule has 6 heteroatoms. The fraction of sp³-hybridized carbons (Fsp3) is 0.111. The standard InChI is InChI=1S/C18H16N2O4/c1-14(19-24-13-16-5-3-2-4-6-16)18(21)12-9-15-7-10-17(11-8-15)20(22)23/h2-12H,13H2,1H3/b12-9+,19-14+. The molecule has 0 N–H and O–H groups in total. The van der Waals surface area contributed by atoms with E-state index >= 15 is 0 Å². The van der Waals surface area contributed by atoms with Crippen LogP contribution in [-0.2, 0) is 16.2 Å². The Morgan fingerprint density at radius 2 is 1.83 bits per heavy atom. The van der Waals surface area contributed by atoms with Gasteiger partial charge in [-0.05, 0) is 36.3 Å². The summed E-state index contributed by atoms with van der Waals surface area (Å²) in [6.07, 6.45) is 2.92. The largest absolute Gasteiger partial charge is 0.391 e. The summed E-state index contributed by atoms with van der Waals surface area (Å²) in [5, 5.41) is 14.4. The van der Waals surface area contributed by atoms with Crippen molar-refractivity contribution >= 4 is 23.3 Å². The number of hydrogen-bond donors (Lipinski definition) is 0. The molecular weight excluding hydrogens is 308 g/mol. The summed E-state index contributed by atoms with van der Waals surface area (Å²) in [6, 6.07) is 15.4. The van der Waals surface area contributed by atoms with Crippen molar-refractivity contribution in [2.45, 2.75) is 13.5 Å². The van der Waals surface area contributed by atoms with E-state index < -0.39 is 4.92 Å². The van der Waals surface area contributed by atoms with Gasteiger partial charge in [0.25, 0.3) is 5.69 Å². The summed E-state index contributed by atoms with van der Waals surface area (Å²) in [6.45, 7) is 1.85. The van der Waals surface area contributed by atoms with Crippen LogP contribution in [0.25, 0.3) is 6.08 Å². The first-order chi connectivity index (χ1) is 11.6. The number of carbonyl (C=O) groups is 1. The molecule has 0 aromatic heterocycles. The van der Waals surface area contributed by atoms with Crippen LogP contribution in [0.1, 0.15) is 18.1 Å². The Morgan fingerprint density at radius 1 is 1.17 bits per heavy atom. The van der Waals surface area contributed by atoms with E-state index in [-0.39, 0.29) is 23.8 Å². The zero-order valence-corrected chi connectivity index (χ0v) is 13.1. The molecule has 2 aromatic rings. The average molecular weight is 324 g/mol. The first-order valence-corrected chi connectivity index (χ1v) is 7.23. The van der Waals surface area contributed by atoms with Crippen molar-refractivity contribution in [3.8, 4) is 0 Å². The second kappa shape index (κ2) is 8.38. The van der Waals surface area contributed by atoms with Gasteiger partial charge in [0.2, 0.25) is 5.78 Å². The molecule has 122 valence electrons. The highest BCUT2D eigenvalue weighted by molar-refractivity contribution is 6.43. The van der Waals surface area contributed by atoms with Gasteiger partial charge in [0.05, 0.1) is 4.92 Å². The topological polar surface area (TPSA) is 81.8 Å². The lowest BCUT2D eigenvalue weighted by molar-refractivity contribution is -0.384. The number of carbonyl (C=O) groups excluding carboxylic acids is 1. The van der Waals surface area contributed by atoms with Gasteiger partial charge in [-0.25, -0.2) is 0 Å². The van der Waals surface area contributed by atoms with Crippen LogP contribution in [0.2, 0.25) is 0 Å². The van der Waals surface area contributed by atoms with Crippen molar-refractivity contribution in [1.29, 1.82) is 0 Å². The minimum absolute atomic E-state index is 0.00512. The highest BCUT2D eigenvalue weighted by Gasteiger charge is 2.04. The first kappa shape index (κ1) is 17.1. The van der Waals surface area contributed by atoms with Gasteiger partial charge in [-0.15, -0.1) is 0 Å². The lowest BCUT2D eigenvalue weighted by Gasteiger charge is -2.00. The SMILES string of the molecule is C/C(=N\OCc1ccccc1)C(=O)/C=C/c1ccc([N+](=O)[O-])cc1. The van der Waals surface area contributed by atoms with Gasteiger partial charge >= 0.3 is 0 Å². The maximum Gasteiger partial charge on any atom is 0.269 e. The van der Waals surface area contributed by atoms with Gasteiger partial charge in [-0.1, -0.05) is 41.6 Å². The van der Waals surface area contributed by atoms with Crippen LogP contribution in [0, 0.1) is 10.1 Å². The number of oxime groups is 1. The molecule has 0 fully saturated rings. The van der Waals surface area contributed by atoms with E-state index in [1.165, 1.54) is 18.2 Å². The van der Waals surface area contributed by atoms with E-state index in [2.05, 4.69) is 5.16 Å². The van der Waals surface area contributed by atoms with Crippen molar-refractivity contribution in [2.75, 3.05) is 0 Å². The molecule has 0 atom stereocenters. The van der Waals surface area contributed by atoms with Gasteiger partial charge in [0.15, 0.2) is 0 Å². The van der Waals surface area contributed by atoms with Crippen molar-refractivity contribution in [3.05, 3.63) is 81.9 Å². The number of nitro groups is 1. The predicted molar refractivity (Wildman–Crippen MR) is 91.5 cm³/mol. The molecule has 2 aromatic carbocycles. The van der Waals surface area contributed by atoms with Gasteiger partial charge in [0.1, 0.15) is 12.3 Å². The Kier molecular flexibility index (Phi) is 5.96. The van der Waals surface area contributed by atoms with Crippen molar-refractivity contribution in [1.82, 2.24) is 0 Å². The maximum atomic E-state index is 11.9. The molecule has 0 heterocycles. The van der Waals surface area contributed by atoms with Crippen molar-refractivity contribution in [2.24, 2.45) is 5.16 Å². The van der Waals surface area contributed by atoms with Gasteiger partial charge in [-0.2, -0.15) is 0 Å². The van der Waals surface area contributed by atoms with Crippen LogP contribution in [0.15, 0.2) is 65.8 Å². The lowest BCUT2D eigenvalue weighted by atomic mass is 10.1. The van der Waals surface area contributed by atoms with Crippen LogP contribution in [0.4, 0.5) is 5.69 Å². The molecule has 0 aliphatic rings. The first-order valence-electron chi connectivity index (χ1n) is 7.23. The molecule has 0 saturated carbocycles. The normalized spacial score (nSPS) is 11.5. The summed E-state index contributed by atoms with van der Waals surface area (Å²) in [7, 11) is 0. The quantitative estimate of drug-likeness (QED) is 0.336. The smallest absolute Gasteiger partial charge is 0.269 e. The minimum atomic E-state index is -0.473. The molecule has 0 saturated heterocycles. The van der Waals surface area contributed by atoms with E-state index in [0.717, 1.165) is 5.56 Å². The number of rotatable bonds is 7. The Balaban J connectivity index is 1.90. The maximum absolute atomic E-state index is 11.9. The zero-order valence-electron chi connectivity index (χ0n) is 13.1. The molecule has 0 unspecified atom stereocenters. The summed E-state index contributed by atoms with van der Waals surface area (Å²) < 4.78 is 0. The van der Waals surface area contributed by atoms with Gasteiger partial charge in [0, 0.05) is 12.1 Å². The van der Waals surface area contributed by atoms with Gasteiger partial charge in [-0.3, -0.25) is 14.9 Å². The van der Waals surface area contributed by atoms with Crippen LogP contribution in [0.3, 0.4) is 0 Å². The summed E-state index contributed by atoms with van der Waals surface area (Å²) >= 11 is 0. The zero-order chi connectivity index (χ0) is 17.4. The Bertz CT molecular complexity index is 765. The fourth-order valence-electron chi connectivity index (χ4n) is 1.82. The third kappa shape index (κ3) is 5.17. The minimum Gasteiger partial charge on any atom is -0.391 e. The molecule has 0 aliphatic heterocycles. The van der Waals surface area contributed by atoms with Crippen LogP contribution >= 0.6 is 0 Å². The Hall–Kier alpha value is -3.28. The lowest BCUT2D eigenvalue weighted by Crippen LogP contribution is -2.07. The van der Waals surface area contributed by atoms with E-state index in [9.17, 15) is 14.9 Å². The molecule has 0 radical (unpaired) electrons. The van der Waals surface area contributed by atoms with E-state index in [4.69, 9.17) is 4.84 Å². The van der Waals surface area contributed by atoms with E-state index in [1.54, 1.807) is 25.1 Å².